The molecule has 0 unspecified atom stereocenters. The molecule has 0 N–H and O–H groups in total. The van der Waals surface area contributed by atoms with Gasteiger partial charge in [0.15, 0.2) is 0 Å². The molecule has 0 spiro atoms. The standard InChI is InChI=1S/C16H13F4N3O/c1-4-9-23(3)14-10(2)13(21-15(17)22-14)11-5-7-12(8-6-11)24-16(18,19)20/h5-8H,1-3H3. The van der Waals surface area contributed by atoms with Crippen molar-refractivity contribution < 1.29 is 22.3 Å². The number of ether oxygens (including phenoxy) is 1. The SMILES string of the molecule is CC#CN(C)c1nc(F)nc(-c2ccc(OC(F)(F)F)cc2)c1C. The fourth-order valence-corrected chi connectivity index (χ4v) is 2.12. The van der Waals surface area contributed by atoms with Crippen molar-refractivity contribution >= 4 is 5.82 Å². The fourth-order valence-electron chi connectivity index (χ4n) is 2.12. The van der Waals surface area contributed by atoms with Crippen LogP contribution in [0.15, 0.2) is 24.3 Å². The molecule has 0 fully saturated rings. The summed E-state index contributed by atoms with van der Waals surface area (Å²) in [5.74, 6) is 2.58. The maximum absolute atomic E-state index is 13.7. The molecule has 0 aliphatic rings. The lowest BCUT2D eigenvalue weighted by Gasteiger charge is -2.15. The van der Waals surface area contributed by atoms with Gasteiger partial charge in [0.25, 0.3) is 0 Å². The van der Waals surface area contributed by atoms with Crippen LogP contribution in [-0.2, 0) is 0 Å². The Balaban J connectivity index is 2.43. The number of halogens is 4. The maximum atomic E-state index is 13.7. The number of anilines is 1. The van der Waals surface area contributed by atoms with Crippen LogP contribution in [0.3, 0.4) is 0 Å². The normalized spacial score (nSPS) is 10.8. The van der Waals surface area contributed by atoms with Crippen LogP contribution in [-0.4, -0.2) is 23.4 Å². The van der Waals surface area contributed by atoms with Crippen LogP contribution in [0, 0.1) is 25.0 Å². The van der Waals surface area contributed by atoms with Crippen LogP contribution in [0.25, 0.3) is 11.3 Å². The molecule has 0 saturated heterocycles. The highest BCUT2D eigenvalue weighted by atomic mass is 19.4. The minimum Gasteiger partial charge on any atom is -0.406 e. The molecule has 126 valence electrons. The smallest absolute Gasteiger partial charge is 0.406 e. The van der Waals surface area contributed by atoms with Gasteiger partial charge in [-0.25, -0.2) is 4.98 Å². The molecule has 0 saturated carbocycles. The summed E-state index contributed by atoms with van der Waals surface area (Å²) in [5.41, 5.74) is 1.24. The summed E-state index contributed by atoms with van der Waals surface area (Å²) in [6, 6.07) is 7.73. The molecule has 2 rings (SSSR count). The van der Waals surface area contributed by atoms with Gasteiger partial charge >= 0.3 is 12.4 Å². The van der Waals surface area contributed by atoms with Gasteiger partial charge in [-0.3, -0.25) is 4.90 Å². The minimum atomic E-state index is -4.77. The van der Waals surface area contributed by atoms with Gasteiger partial charge in [0.05, 0.1) is 5.69 Å². The van der Waals surface area contributed by atoms with E-state index in [9.17, 15) is 17.6 Å². The summed E-state index contributed by atoms with van der Waals surface area (Å²) in [6.07, 6.45) is -5.72. The third-order valence-electron chi connectivity index (χ3n) is 3.05. The van der Waals surface area contributed by atoms with Gasteiger partial charge in [-0.15, -0.1) is 13.2 Å². The van der Waals surface area contributed by atoms with Gasteiger partial charge in [0.1, 0.15) is 11.6 Å². The number of hydrogen-bond acceptors (Lipinski definition) is 4. The maximum Gasteiger partial charge on any atom is 0.573 e. The number of hydrogen-bond donors (Lipinski definition) is 0. The Bertz CT molecular complexity index is 792. The topological polar surface area (TPSA) is 38.2 Å². The van der Waals surface area contributed by atoms with Crippen LogP contribution in [0.4, 0.5) is 23.4 Å². The second-order valence-electron chi connectivity index (χ2n) is 4.78. The zero-order valence-corrected chi connectivity index (χ0v) is 13.1. The van der Waals surface area contributed by atoms with Crippen molar-refractivity contribution in [1.29, 1.82) is 0 Å². The van der Waals surface area contributed by atoms with E-state index in [4.69, 9.17) is 0 Å². The van der Waals surface area contributed by atoms with E-state index < -0.39 is 12.4 Å². The van der Waals surface area contributed by atoms with Crippen LogP contribution >= 0.6 is 0 Å². The molecule has 0 aliphatic heterocycles. The molecular weight excluding hydrogens is 326 g/mol. The first-order valence-corrected chi connectivity index (χ1v) is 6.77. The zero-order valence-electron chi connectivity index (χ0n) is 13.1. The van der Waals surface area contributed by atoms with Crippen LogP contribution in [0.1, 0.15) is 12.5 Å². The molecule has 1 aromatic carbocycles. The summed E-state index contributed by atoms with van der Waals surface area (Å²) in [5, 5.41) is 0. The third-order valence-corrected chi connectivity index (χ3v) is 3.05. The highest BCUT2D eigenvalue weighted by Gasteiger charge is 2.31. The first-order valence-electron chi connectivity index (χ1n) is 6.77. The summed E-state index contributed by atoms with van der Waals surface area (Å²) >= 11 is 0. The predicted molar refractivity (Wildman–Crippen MR) is 80.7 cm³/mol. The van der Waals surface area contributed by atoms with E-state index in [0.29, 0.717) is 11.1 Å². The monoisotopic (exact) mass is 339 g/mol. The van der Waals surface area contributed by atoms with Crippen LogP contribution in [0.2, 0.25) is 0 Å². The van der Waals surface area contributed by atoms with E-state index in [0.717, 1.165) is 12.1 Å². The minimum absolute atomic E-state index is 0.265. The first-order chi connectivity index (χ1) is 11.2. The van der Waals surface area contributed by atoms with Gasteiger partial charge in [-0.2, -0.15) is 9.37 Å². The highest BCUT2D eigenvalue weighted by molar-refractivity contribution is 5.69. The molecule has 0 aliphatic carbocycles. The van der Waals surface area contributed by atoms with E-state index in [1.807, 2.05) is 0 Å². The molecule has 0 amide bonds. The number of aromatic nitrogens is 2. The van der Waals surface area contributed by atoms with E-state index in [1.165, 1.54) is 17.0 Å². The molecule has 1 aromatic heterocycles. The average Bonchev–Trinajstić information content (AvgIpc) is 2.49. The Morgan fingerprint density at radius 2 is 1.75 bits per heavy atom. The quantitative estimate of drug-likeness (QED) is 0.368. The summed E-state index contributed by atoms with van der Waals surface area (Å²) < 4.78 is 54.1. The largest absolute Gasteiger partial charge is 0.573 e. The fraction of sp³-hybridized carbons (Fsp3) is 0.250. The van der Waals surface area contributed by atoms with E-state index in [1.54, 1.807) is 20.9 Å². The Hall–Kier alpha value is -2.82. The zero-order chi connectivity index (χ0) is 17.9. The van der Waals surface area contributed by atoms with Crippen molar-refractivity contribution in [3.63, 3.8) is 0 Å². The molecule has 4 nitrogen and oxygen atoms in total. The van der Waals surface area contributed by atoms with E-state index >= 15 is 0 Å². The second-order valence-corrected chi connectivity index (χ2v) is 4.78. The van der Waals surface area contributed by atoms with Gasteiger partial charge < -0.3 is 4.74 Å². The molecule has 0 atom stereocenters. The van der Waals surface area contributed by atoms with Crippen molar-refractivity contribution in [1.82, 2.24) is 9.97 Å². The molecule has 2 aromatic rings. The molecule has 1 heterocycles. The van der Waals surface area contributed by atoms with E-state index in [-0.39, 0.29) is 17.3 Å². The number of benzene rings is 1. The molecule has 24 heavy (non-hydrogen) atoms. The molecule has 0 bridgehead atoms. The number of alkyl halides is 3. The van der Waals surface area contributed by atoms with E-state index in [2.05, 4.69) is 26.7 Å². The Morgan fingerprint density at radius 1 is 1.12 bits per heavy atom. The third kappa shape index (κ3) is 4.13. The Morgan fingerprint density at radius 3 is 2.29 bits per heavy atom. The van der Waals surface area contributed by atoms with Crippen molar-refractivity contribution in [3.8, 4) is 29.0 Å². The lowest BCUT2D eigenvalue weighted by atomic mass is 10.1. The van der Waals surface area contributed by atoms with Crippen molar-refractivity contribution in [2.75, 3.05) is 11.9 Å². The van der Waals surface area contributed by atoms with Gasteiger partial charge in [-0.1, -0.05) is 5.92 Å². The van der Waals surface area contributed by atoms with Crippen molar-refractivity contribution in [2.24, 2.45) is 0 Å². The van der Waals surface area contributed by atoms with Crippen molar-refractivity contribution in [2.45, 2.75) is 20.2 Å². The number of rotatable bonds is 3. The molecule has 0 radical (unpaired) electrons. The van der Waals surface area contributed by atoms with Crippen molar-refractivity contribution in [3.05, 3.63) is 35.9 Å². The van der Waals surface area contributed by atoms with Crippen LogP contribution < -0.4 is 9.64 Å². The Kier molecular flexibility index (Phi) is 4.93. The summed E-state index contributed by atoms with van der Waals surface area (Å²) in [4.78, 5) is 8.90. The summed E-state index contributed by atoms with van der Waals surface area (Å²) in [7, 11) is 1.62. The predicted octanol–water partition coefficient (Wildman–Crippen LogP) is 3.91. The van der Waals surface area contributed by atoms with Gasteiger partial charge in [-0.05, 0) is 38.1 Å². The van der Waals surface area contributed by atoms with Gasteiger partial charge in [0, 0.05) is 24.2 Å². The second kappa shape index (κ2) is 6.74. The number of nitrogens with zero attached hydrogens (tertiary/aromatic N) is 3. The first kappa shape index (κ1) is 17.5. The Labute approximate surface area is 136 Å². The van der Waals surface area contributed by atoms with Crippen LogP contribution in [0.5, 0.6) is 5.75 Å². The lowest BCUT2D eigenvalue weighted by Crippen LogP contribution is -2.17. The molecule has 8 heteroatoms. The molecular formula is C16H13F4N3O. The average molecular weight is 339 g/mol. The summed E-state index contributed by atoms with van der Waals surface area (Å²) in [6.45, 7) is 3.31. The van der Waals surface area contributed by atoms with Gasteiger partial charge in [0.2, 0.25) is 0 Å². The highest BCUT2D eigenvalue weighted by Crippen LogP contribution is 2.30. The lowest BCUT2D eigenvalue weighted by molar-refractivity contribution is -0.274.